The number of rotatable bonds is 2. The number of carboxylic acid groups (broad SMARTS) is 2. The third-order valence-corrected chi connectivity index (χ3v) is 8.01. The number of halogens is 1. The van der Waals surface area contributed by atoms with Crippen LogP contribution in [0.5, 0.6) is 0 Å². The third kappa shape index (κ3) is 0.874. The van der Waals surface area contributed by atoms with Gasteiger partial charge < -0.3 is 10.2 Å². The Kier molecular flexibility index (Phi) is 1.67. The topological polar surface area (TPSA) is 74.6 Å². The van der Waals surface area contributed by atoms with Crippen molar-refractivity contribution in [3.8, 4) is 0 Å². The molecule has 7 unspecified atom stereocenters. The van der Waals surface area contributed by atoms with Crippen LogP contribution >= 0.6 is 15.9 Å². The van der Waals surface area contributed by atoms with Crippen molar-refractivity contribution in [1.82, 2.24) is 0 Å². The molecule has 6 bridgehead atoms. The molecular formula is C14H13BrO4. The van der Waals surface area contributed by atoms with E-state index >= 15 is 0 Å². The summed E-state index contributed by atoms with van der Waals surface area (Å²) in [6.07, 6.45) is 1.20. The lowest BCUT2D eigenvalue weighted by Gasteiger charge is -2.32. The van der Waals surface area contributed by atoms with E-state index < -0.39 is 11.9 Å². The monoisotopic (exact) mass is 324 g/mol. The molecule has 0 saturated heterocycles. The van der Waals surface area contributed by atoms with Gasteiger partial charge in [0.2, 0.25) is 0 Å². The highest BCUT2D eigenvalue weighted by Gasteiger charge is 2.82. The second kappa shape index (κ2) is 2.92. The summed E-state index contributed by atoms with van der Waals surface area (Å²) >= 11 is 3.82. The van der Waals surface area contributed by atoms with Crippen molar-refractivity contribution in [3.05, 3.63) is 11.1 Å². The van der Waals surface area contributed by atoms with E-state index in [9.17, 15) is 19.8 Å². The fourth-order valence-corrected chi connectivity index (χ4v) is 8.37. The van der Waals surface area contributed by atoms with Crippen LogP contribution in [0.4, 0.5) is 0 Å². The van der Waals surface area contributed by atoms with E-state index in [4.69, 9.17) is 0 Å². The molecule has 0 aliphatic heterocycles. The fourth-order valence-electron chi connectivity index (χ4n) is 6.94. The maximum atomic E-state index is 11.4. The smallest absolute Gasteiger partial charge is 0.343 e. The lowest BCUT2D eigenvalue weighted by molar-refractivity contribution is -0.140. The zero-order chi connectivity index (χ0) is 13.2. The molecule has 0 heterocycles. The summed E-state index contributed by atoms with van der Waals surface area (Å²) in [6.45, 7) is 0. The molecule has 0 amide bonds. The molecule has 5 heteroatoms. The van der Waals surface area contributed by atoms with Crippen LogP contribution < -0.4 is 0 Å². The van der Waals surface area contributed by atoms with Crippen molar-refractivity contribution in [2.24, 2.45) is 47.3 Å². The minimum atomic E-state index is -1.25. The van der Waals surface area contributed by atoms with E-state index in [2.05, 4.69) is 15.9 Å². The molecule has 6 fully saturated rings. The molecule has 6 aliphatic carbocycles. The fraction of sp³-hybridized carbons (Fsp3) is 0.714. The van der Waals surface area contributed by atoms with Gasteiger partial charge in [-0.3, -0.25) is 0 Å². The summed E-state index contributed by atoms with van der Waals surface area (Å²) in [5, 5.41) is 18.6. The third-order valence-electron chi connectivity index (χ3n) is 6.79. The average molecular weight is 325 g/mol. The highest BCUT2D eigenvalue weighted by atomic mass is 79.9. The van der Waals surface area contributed by atoms with Crippen molar-refractivity contribution in [1.29, 1.82) is 0 Å². The lowest BCUT2D eigenvalue weighted by Crippen LogP contribution is -2.30. The number of carboxylic acids is 2. The van der Waals surface area contributed by atoms with Crippen LogP contribution in [0.2, 0.25) is 0 Å². The van der Waals surface area contributed by atoms with Crippen molar-refractivity contribution in [2.45, 2.75) is 11.2 Å². The second-order valence-corrected chi connectivity index (χ2v) is 7.87. The first-order valence-corrected chi connectivity index (χ1v) is 7.80. The lowest BCUT2D eigenvalue weighted by atomic mass is 9.71. The van der Waals surface area contributed by atoms with Crippen molar-refractivity contribution < 1.29 is 19.8 Å². The van der Waals surface area contributed by atoms with Crippen LogP contribution in [0.1, 0.15) is 6.42 Å². The van der Waals surface area contributed by atoms with Crippen LogP contribution in [-0.4, -0.2) is 27.0 Å². The number of carbonyl (C=O) groups is 2. The SMILES string of the molecule is O=C(O)C(C(=O)O)=C1C2C3C(Br)C4C2[C@H]2C[C@@H]4C3C12. The number of alkyl halides is 1. The summed E-state index contributed by atoms with van der Waals surface area (Å²) in [7, 11) is 0. The van der Waals surface area contributed by atoms with Gasteiger partial charge in [-0.15, -0.1) is 0 Å². The summed E-state index contributed by atoms with van der Waals surface area (Å²) in [6, 6.07) is 0. The molecule has 4 nitrogen and oxygen atoms in total. The van der Waals surface area contributed by atoms with Gasteiger partial charge in [0.15, 0.2) is 0 Å². The number of hydrogen-bond acceptors (Lipinski definition) is 2. The van der Waals surface area contributed by atoms with Gasteiger partial charge in [0.1, 0.15) is 5.57 Å². The average Bonchev–Trinajstić information content (AvgIpc) is 3.01. The van der Waals surface area contributed by atoms with Gasteiger partial charge in [-0.2, -0.15) is 0 Å². The second-order valence-electron chi connectivity index (χ2n) is 6.81. The molecule has 2 N–H and O–H groups in total. The highest BCUT2D eigenvalue weighted by Crippen LogP contribution is 2.85. The molecule has 6 saturated carbocycles. The van der Waals surface area contributed by atoms with Crippen molar-refractivity contribution in [2.75, 3.05) is 0 Å². The van der Waals surface area contributed by atoms with E-state index in [1.165, 1.54) is 6.42 Å². The predicted molar refractivity (Wildman–Crippen MR) is 67.5 cm³/mol. The van der Waals surface area contributed by atoms with Gasteiger partial charge in [0, 0.05) is 4.83 Å². The molecule has 0 spiro atoms. The predicted octanol–water partition coefficient (Wildman–Crippen LogP) is 1.60. The molecule has 0 aromatic carbocycles. The molecule has 19 heavy (non-hydrogen) atoms. The zero-order valence-corrected chi connectivity index (χ0v) is 11.6. The molecule has 0 aromatic heterocycles. The van der Waals surface area contributed by atoms with E-state index in [1.807, 2.05) is 0 Å². The Morgan fingerprint density at radius 2 is 1.58 bits per heavy atom. The number of hydrogen-bond donors (Lipinski definition) is 2. The first-order chi connectivity index (χ1) is 9.04. The van der Waals surface area contributed by atoms with Crippen molar-refractivity contribution in [3.63, 3.8) is 0 Å². The Bertz CT molecular complexity index is 564. The Hall–Kier alpha value is -0.840. The van der Waals surface area contributed by atoms with Gasteiger partial charge in [-0.05, 0) is 59.3 Å². The van der Waals surface area contributed by atoms with Gasteiger partial charge in [0.05, 0.1) is 0 Å². The Labute approximate surface area is 118 Å². The van der Waals surface area contributed by atoms with Gasteiger partial charge in [0.25, 0.3) is 0 Å². The first kappa shape index (κ1) is 10.9. The normalized spacial score (nSPS) is 57.7. The van der Waals surface area contributed by atoms with E-state index in [1.54, 1.807) is 0 Å². The summed E-state index contributed by atoms with van der Waals surface area (Å²) in [5.41, 5.74) is 0.495. The quantitative estimate of drug-likeness (QED) is 0.350. The van der Waals surface area contributed by atoms with Gasteiger partial charge in [-0.1, -0.05) is 15.9 Å². The Morgan fingerprint density at radius 1 is 0.947 bits per heavy atom. The number of allylic oxidation sites excluding steroid dienone is 1. The summed E-state index contributed by atoms with van der Waals surface area (Å²) in [5.74, 6) is 1.65. The molecule has 9 atom stereocenters. The minimum Gasteiger partial charge on any atom is -0.477 e. The van der Waals surface area contributed by atoms with Gasteiger partial charge >= 0.3 is 11.9 Å². The largest absolute Gasteiger partial charge is 0.477 e. The van der Waals surface area contributed by atoms with Crippen LogP contribution in [0.15, 0.2) is 11.1 Å². The Morgan fingerprint density at radius 3 is 2.16 bits per heavy atom. The van der Waals surface area contributed by atoms with Crippen LogP contribution in [0, 0.1) is 47.3 Å². The zero-order valence-electron chi connectivity index (χ0n) is 9.99. The summed E-state index contributed by atoms with van der Waals surface area (Å²) in [4.78, 5) is 23.2. The van der Waals surface area contributed by atoms with Gasteiger partial charge in [-0.25, -0.2) is 9.59 Å². The highest BCUT2D eigenvalue weighted by molar-refractivity contribution is 9.09. The molecular weight excluding hydrogens is 312 g/mol. The molecule has 6 aliphatic rings. The van der Waals surface area contributed by atoms with Crippen molar-refractivity contribution >= 4 is 27.9 Å². The first-order valence-electron chi connectivity index (χ1n) is 6.88. The molecule has 0 radical (unpaired) electrons. The van der Waals surface area contributed by atoms with Crippen LogP contribution in [0.25, 0.3) is 0 Å². The van der Waals surface area contributed by atoms with E-state index in [0.717, 1.165) is 11.5 Å². The molecule has 6 rings (SSSR count). The van der Waals surface area contributed by atoms with Crippen LogP contribution in [0.3, 0.4) is 0 Å². The molecule has 100 valence electrons. The Balaban J connectivity index is 1.77. The standard InChI is InChI=1S/C14H13BrO4/c15-12-7-3-1-2-4-5(3)10(12)8(6(2)7)9(4)11(13(16)17)14(18)19/h2-8,10,12H,1H2,(H,16,17)(H,18,19)/t2-,3+,4?,5?,6?,7?,8?,10?,12?/m0/s1. The van der Waals surface area contributed by atoms with E-state index in [-0.39, 0.29) is 17.4 Å². The van der Waals surface area contributed by atoms with Crippen LogP contribution in [-0.2, 0) is 9.59 Å². The number of aliphatic carboxylic acids is 2. The maximum absolute atomic E-state index is 11.4. The maximum Gasteiger partial charge on any atom is 0.343 e. The summed E-state index contributed by atoms with van der Waals surface area (Å²) < 4.78 is 0. The molecule has 0 aromatic rings. The van der Waals surface area contributed by atoms with E-state index in [0.29, 0.717) is 34.4 Å². The minimum absolute atomic E-state index is 0.246.